The number of benzene rings is 2. The highest BCUT2D eigenvalue weighted by Crippen LogP contribution is 2.35. The van der Waals surface area contributed by atoms with Gasteiger partial charge in [-0.3, -0.25) is 0 Å². The first-order valence-electron chi connectivity index (χ1n) is 5.19. The fourth-order valence-electron chi connectivity index (χ4n) is 1.71. The molecule has 0 spiro atoms. The average molecular weight is 396 g/mol. The standard InChI is InChI=1S/C13H7Br2F3O/c14-6-2-1-3-8(16)10(6)13(19)11-9(17)5-4-7(15)12(11)18/h1-5,13,19H. The maximum Gasteiger partial charge on any atom is 0.146 e. The molecule has 19 heavy (non-hydrogen) atoms. The van der Waals surface area contributed by atoms with Crippen molar-refractivity contribution in [1.29, 1.82) is 0 Å². The summed E-state index contributed by atoms with van der Waals surface area (Å²) in [4.78, 5) is 0. The van der Waals surface area contributed by atoms with Crippen LogP contribution in [-0.4, -0.2) is 5.11 Å². The average Bonchev–Trinajstić information content (AvgIpc) is 2.34. The van der Waals surface area contributed by atoms with Crippen LogP contribution in [0.3, 0.4) is 0 Å². The molecule has 1 unspecified atom stereocenters. The molecule has 1 atom stereocenters. The van der Waals surface area contributed by atoms with Crippen molar-refractivity contribution in [1.82, 2.24) is 0 Å². The highest BCUT2D eigenvalue weighted by Gasteiger charge is 2.25. The van der Waals surface area contributed by atoms with E-state index in [1.165, 1.54) is 18.2 Å². The summed E-state index contributed by atoms with van der Waals surface area (Å²) in [5.74, 6) is -2.65. The van der Waals surface area contributed by atoms with E-state index in [1.807, 2.05) is 0 Å². The molecule has 0 heterocycles. The zero-order valence-corrected chi connectivity index (χ0v) is 12.5. The number of hydrogen-bond donors (Lipinski definition) is 1. The lowest BCUT2D eigenvalue weighted by Crippen LogP contribution is -2.09. The van der Waals surface area contributed by atoms with E-state index < -0.39 is 29.1 Å². The van der Waals surface area contributed by atoms with Crippen molar-refractivity contribution in [3.63, 3.8) is 0 Å². The molecule has 0 saturated heterocycles. The zero-order chi connectivity index (χ0) is 14.2. The molecule has 0 radical (unpaired) electrons. The monoisotopic (exact) mass is 394 g/mol. The van der Waals surface area contributed by atoms with Gasteiger partial charge >= 0.3 is 0 Å². The maximum atomic E-state index is 13.9. The summed E-state index contributed by atoms with van der Waals surface area (Å²) in [6.07, 6.45) is -1.74. The fourth-order valence-corrected chi connectivity index (χ4v) is 2.61. The third kappa shape index (κ3) is 2.70. The first kappa shape index (κ1) is 14.6. The SMILES string of the molecule is OC(c1c(F)cccc1Br)c1c(F)ccc(Br)c1F. The van der Waals surface area contributed by atoms with Crippen LogP contribution in [0.5, 0.6) is 0 Å². The van der Waals surface area contributed by atoms with E-state index in [4.69, 9.17) is 0 Å². The Bertz CT molecular complexity index is 611. The predicted molar refractivity (Wildman–Crippen MR) is 72.2 cm³/mol. The quantitative estimate of drug-likeness (QED) is 0.730. The van der Waals surface area contributed by atoms with Crippen molar-refractivity contribution in [3.8, 4) is 0 Å². The summed E-state index contributed by atoms with van der Waals surface area (Å²) in [7, 11) is 0. The van der Waals surface area contributed by atoms with Gasteiger partial charge in [-0.2, -0.15) is 0 Å². The van der Waals surface area contributed by atoms with Crippen LogP contribution < -0.4 is 0 Å². The minimum Gasteiger partial charge on any atom is -0.383 e. The largest absolute Gasteiger partial charge is 0.383 e. The molecule has 2 aromatic carbocycles. The molecule has 0 fully saturated rings. The minimum absolute atomic E-state index is 0.00425. The molecule has 100 valence electrons. The van der Waals surface area contributed by atoms with Crippen molar-refractivity contribution >= 4 is 31.9 Å². The predicted octanol–water partition coefficient (Wildman–Crippen LogP) is 4.71. The zero-order valence-electron chi connectivity index (χ0n) is 9.30. The second-order valence-corrected chi connectivity index (χ2v) is 5.50. The normalized spacial score (nSPS) is 12.5. The molecule has 0 bridgehead atoms. The molecule has 6 heteroatoms. The molecule has 0 aromatic heterocycles. The topological polar surface area (TPSA) is 20.2 Å². The Morgan fingerprint density at radius 2 is 1.47 bits per heavy atom. The second kappa shape index (κ2) is 5.64. The van der Waals surface area contributed by atoms with Gasteiger partial charge in [0.05, 0.1) is 10.0 Å². The Balaban J connectivity index is 2.63. The van der Waals surface area contributed by atoms with Crippen LogP contribution in [0.25, 0.3) is 0 Å². The molecular weight excluding hydrogens is 389 g/mol. The lowest BCUT2D eigenvalue weighted by Gasteiger charge is -2.16. The summed E-state index contributed by atoms with van der Waals surface area (Å²) in [6.45, 7) is 0. The van der Waals surface area contributed by atoms with Gasteiger partial charge in [-0.1, -0.05) is 22.0 Å². The molecule has 2 rings (SSSR count). The van der Waals surface area contributed by atoms with E-state index >= 15 is 0 Å². The first-order chi connectivity index (χ1) is 8.93. The van der Waals surface area contributed by atoms with Gasteiger partial charge in [0.1, 0.15) is 23.6 Å². The molecular formula is C13H7Br2F3O. The van der Waals surface area contributed by atoms with Gasteiger partial charge in [-0.05, 0) is 40.2 Å². The van der Waals surface area contributed by atoms with Gasteiger partial charge in [0.25, 0.3) is 0 Å². The highest BCUT2D eigenvalue weighted by molar-refractivity contribution is 9.10. The molecule has 1 nitrogen and oxygen atoms in total. The lowest BCUT2D eigenvalue weighted by atomic mass is 10.00. The van der Waals surface area contributed by atoms with Crippen LogP contribution in [0.2, 0.25) is 0 Å². The van der Waals surface area contributed by atoms with Gasteiger partial charge in [-0.15, -0.1) is 0 Å². The minimum atomic E-state index is -1.74. The van der Waals surface area contributed by atoms with Gasteiger partial charge < -0.3 is 5.11 Å². The van der Waals surface area contributed by atoms with E-state index in [-0.39, 0.29) is 14.5 Å². The fraction of sp³-hybridized carbons (Fsp3) is 0.0769. The number of hydrogen-bond acceptors (Lipinski definition) is 1. The Morgan fingerprint density at radius 3 is 2.11 bits per heavy atom. The van der Waals surface area contributed by atoms with E-state index in [0.717, 1.165) is 12.1 Å². The number of aliphatic hydroxyl groups is 1. The van der Waals surface area contributed by atoms with Crippen molar-refractivity contribution in [2.75, 3.05) is 0 Å². The third-order valence-electron chi connectivity index (χ3n) is 2.63. The van der Waals surface area contributed by atoms with Gasteiger partial charge in [0.15, 0.2) is 0 Å². The number of aliphatic hydroxyl groups excluding tert-OH is 1. The van der Waals surface area contributed by atoms with Gasteiger partial charge in [0, 0.05) is 10.0 Å². The van der Waals surface area contributed by atoms with Crippen LogP contribution in [0.1, 0.15) is 17.2 Å². The molecule has 0 aliphatic carbocycles. The van der Waals surface area contributed by atoms with Crippen LogP contribution in [0, 0.1) is 17.5 Å². The Hall–Kier alpha value is -0.850. The van der Waals surface area contributed by atoms with Crippen LogP contribution in [-0.2, 0) is 0 Å². The number of halogens is 5. The van der Waals surface area contributed by atoms with Crippen molar-refractivity contribution in [2.24, 2.45) is 0 Å². The molecule has 1 N–H and O–H groups in total. The summed E-state index contributed by atoms with van der Waals surface area (Å²) in [6, 6.07) is 6.19. The van der Waals surface area contributed by atoms with E-state index in [1.54, 1.807) is 0 Å². The molecule has 0 saturated carbocycles. The second-order valence-electron chi connectivity index (χ2n) is 3.79. The summed E-state index contributed by atoms with van der Waals surface area (Å²) >= 11 is 5.96. The van der Waals surface area contributed by atoms with Gasteiger partial charge in [-0.25, -0.2) is 13.2 Å². The summed E-state index contributed by atoms with van der Waals surface area (Å²) in [5.41, 5.74) is -0.807. The van der Waals surface area contributed by atoms with Crippen molar-refractivity contribution in [2.45, 2.75) is 6.10 Å². The lowest BCUT2D eigenvalue weighted by molar-refractivity contribution is 0.203. The van der Waals surface area contributed by atoms with Crippen LogP contribution >= 0.6 is 31.9 Å². The molecule has 0 aliphatic rings. The third-order valence-corrected chi connectivity index (χ3v) is 3.93. The van der Waals surface area contributed by atoms with Crippen LogP contribution in [0.4, 0.5) is 13.2 Å². The highest BCUT2D eigenvalue weighted by atomic mass is 79.9. The molecule has 2 aromatic rings. The molecule has 0 amide bonds. The molecule has 0 aliphatic heterocycles. The summed E-state index contributed by atoms with van der Waals surface area (Å²) in [5, 5.41) is 10.1. The Morgan fingerprint density at radius 1 is 0.842 bits per heavy atom. The van der Waals surface area contributed by atoms with Crippen LogP contribution in [0.15, 0.2) is 39.3 Å². The maximum absolute atomic E-state index is 13.9. The van der Waals surface area contributed by atoms with E-state index in [2.05, 4.69) is 31.9 Å². The van der Waals surface area contributed by atoms with Crippen molar-refractivity contribution < 1.29 is 18.3 Å². The number of rotatable bonds is 2. The Kier molecular flexibility index (Phi) is 4.32. The summed E-state index contributed by atoms with van der Waals surface area (Å²) < 4.78 is 41.5. The van der Waals surface area contributed by atoms with E-state index in [9.17, 15) is 18.3 Å². The Labute approximate surface area is 124 Å². The van der Waals surface area contributed by atoms with Crippen molar-refractivity contribution in [3.05, 3.63) is 67.9 Å². The first-order valence-corrected chi connectivity index (χ1v) is 6.77. The van der Waals surface area contributed by atoms with Gasteiger partial charge in [0.2, 0.25) is 0 Å². The smallest absolute Gasteiger partial charge is 0.146 e. The van der Waals surface area contributed by atoms with E-state index in [0.29, 0.717) is 0 Å².